The van der Waals surface area contributed by atoms with E-state index in [0.717, 1.165) is 35.4 Å². The molecular weight excluding hydrogens is 234 g/mol. The molecule has 1 heterocycles. The van der Waals surface area contributed by atoms with Crippen LogP contribution < -0.4 is 10.6 Å². The minimum Gasteiger partial charge on any atom is -0.398 e. The highest BCUT2D eigenvalue weighted by atomic mass is 35.5. The Morgan fingerprint density at radius 3 is 2.59 bits per heavy atom. The first-order valence-corrected chi connectivity index (χ1v) is 6.14. The number of rotatable bonds is 3. The molecule has 4 heteroatoms. The molecule has 0 atom stereocenters. The highest BCUT2D eigenvalue weighted by molar-refractivity contribution is 6.37. The molecule has 0 amide bonds. The first kappa shape index (κ1) is 12.0. The number of nitrogen functional groups attached to an aromatic ring is 1. The number of hydrogen-bond acceptors (Lipinski definition) is 3. The predicted octanol–water partition coefficient (Wildman–Crippen LogP) is 3.32. The summed E-state index contributed by atoms with van der Waals surface area (Å²) < 4.78 is 0. The largest absolute Gasteiger partial charge is 0.398 e. The van der Waals surface area contributed by atoms with Gasteiger partial charge in [0.05, 0.1) is 5.02 Å². The van der Waals surface area contributed by atoms with E-state index in [1.165, 1.54) is 0 Å². The van der Waals surface area contributed by atoms with Crippen molar-refractivity contribution in [3.05, 3.63) is 29.4 Å². The molecule has 0 spiro atoms. The van der Waals surface area contributed by atoms with Crippen LogP contribution in [0.25, 0.3) is 10.8 Å². The third-order valence-corrected chi connectivity index (χ3v) is 3.27. The van der Waals surface area contributed by atoms with Gasteiger partial charge < -0.3 is 10.6 Å². The topological polar surface area (TPSA) is 42.2 Å². The Labute approximate surface area is 106 Å². The van der Waals surface area contributed by atoms with Crippen molar-refractivity contribution in [3.8, 4) is 0 Å². The summed E-state index contributed by atoms with van der Waals surface area (Å²) in [5, 5.41) is 2.61. The number of nitrogens with two attached hydrogens (primary N) is 1. The fourth-order valence-corrected chi connectivity index (χ4v) is 2.28. The van der Waals surface area contributed by atoms with Gasteiger partial charge in [0.25, 0.3) is 0 Å². The maximum Gasteiger partial charge on any atom is 0.137 e. The van der Waals surface area contributed by atoms with Gasteiger partial charge >= 0.3 is 0 Å². The number of anilines is 2. The van der Waals surface area contributed by atoms with Crippen LogP contribution in [0.2, 0.25) is 5.02 Å². The maximum atomic E-state index is 6.27. The van der Waals surface area contributed by atoms with E-state index in [9.17, 15) is 0 Å². The zero-order valence-electron chi connectivity index (χ0n) is 10.1. The summed E-state index contributed by atoms with van der Waals surface area (Å²) in [7, 11) is 0. The second kappa shape index (κ2) is 4.80. The lowest BCUT2D eigenvalue weighted by atomic mass is 10.1. The Morgan fingerprint density at radius 1 is 1.24 bits per heavy atom. The van der Waals surface area contributed by atoms with Crippen LogP contribution in [0.3, 0.4) is 0 Å². The van der Waals surface area contributed by atoms with E-state index in [4.69, 9.17) is 17.3 Å². The summed E-state index contributed by atoms with van der Waals surface area (Å²) in [5.74, 6) is 0.907. The van der Waals surface area contributed by atoms with Crippen LogP contribution in [0.5, 0.6) is 0 Å². The van der Waals surface area contributed by atoms with E-state index in [1.807, 2.05) is 18.2 Å². The molecule has 17 heavy (non-hydrogen) atoms. The normalized spacial score (nSPS) is 10.8. The molecule has 0 saturated carbocycles. The molecule has 2 rings (SSSR count). The summed E-state index contributed by atoms with van der Waals surface area (Å²) >= 11 is 6.27. The van der Waals surface area contributed by atoms with E-state index in [-0.39, 0.29) is 0 Å². The Balaban J connectivity index is 2.76. The lowest BCUT2D eigenvalue weighted by molar-refractivity contribution is 0.852. The van der Waals surface area contributed by atoms with Crippen LogP contribution in [0.1, 0.15) is 13.8 Å². The van der Waals surface area contributed by atoms with Gasteiger partial charge in [0.15, 0.2) is 0 Å². The lowest BCUT2D eigenvalue weighted by Gasteiger charge is -2.22. The summed E-state index contributed by atoms with van der Waals surface area (Å²) in [4.78, 5) is 6.61. The van der Waals surface area contributed by atoms with Crippen LogP contribution in [0.4, 0.5) is 11.5 Å². The van der Waals surface area contributed by atoms with Gasteiger partial charge in [-0.25, -0.2) is 4.98 Å². The van der Waals surface area contributed by atoms with Crippen molar-refractivity contribution >= 4 is 33.9 Å². The van der Waals surface area contributed by atoms with E-state index in [0.29, 0.717) is 5.02 Å². The van der Waals surface area contributed by atoms with Crippen molar-refractivity contribution in [1.29, 1.82) is 0 Å². The zero-order chi connectivity index (χ0) is 12.4. The number of halogens is 1. The van der Waals surface area contributed by atoms with Gasteiger partial charge in [-0.2, -0.15) is 0 Å². The van der Waals surface area contributed by atoms with Gasteiger partial charge in [0.2, 0.25) is 0 Å². The Kier molecular flexibility index (Phi) is 3.38. The van der Waals surface area contributed by atoms with Gasteiger partial charge in [0, 0.05) is 35.7 Å². The highest BCUT2D eigenvalue weighted by Crippen LogP contribution is 2.34. The van der Waals surface area contributed by atoms with Crippen molar-refractivity contribution in [2.45, 2.75) is 13.8 Å². The molecule has 90 valence electrons. The van der Waals surface area contributed by atoms with E-state index in [2.05, 4.69) is 23.7 Å². The fraction of sp³-hybridized carbons (Fsp3) is 0.308. The Hall–Kier alpha value is -1.48. The van der Waals surface area contributed by atoms with Gasteiger partial charge in [-0.05, 0) is 32.0 Å². The molecule has 1 aromatic heterocycles. The van der Waals surface area contributed by atoms with Crippen molar-refractivity contribution in [3.63, 3.8) is 0 Å². The smallest absolute Gasteiger partial charge is 0.137 e. The highest BCUT2D eigenvalue weighted by Gasteiger charge is 2.12. The van der Waals surface area contributed by atoms with Gasteiger partial charge in [-0.15, -0.1) is 0 Å². The molecule has 0 aliphatic rings. The average Bonchev–Trinajstić information content (AvgIpc) is 2.35. The first-order valence-electron chi connectivity index (χ1n) is 5.76. The minimum atomic E-state index is 0.698. The van der Waals surface area contributed by atoms with Crippen LogP contribution in [0, 0.1) is 0 Å². The number of aromatic nitrogens is 1. The second-order valence-corrected chi connectivity index (χ2v) is 4.27. The fourth-order valence-electron chi connectivity index (χ4n) is 2.03. The standard InChI is InChI=1S/C13H16ClN3/c1-3-17(4-2)13-12-9(7-8-16-13)11(15)6-5-10(12)14/h5-8H,3-4,15H2,1-2H3. The van der Waals surface area contributed by atoms with Crippen LogP contribution in [-0.2, 0) is 0 Å². The van der Waals surface area contributed by atoms with Gasteiger partial charge in [-0.3, -0.25) is 0 Å². The van der Waals surface area contributed by atoms with Crippen LogP contribution in [-0.4, -0.2) is 18.1 Å². The average molecular weight is 250 g/mol. The third kappa shape index (κ3) is 2.03. The number of pyridine rings is 1. The molecule has 0 saturated heterocycles. The molecule has 0 bridgehead atoms. The van der Waals surface area contributed by atoms with Gasteiger partial charge in [0.1, 0.15) is 5.82 Å². The predicted molar refractivity (Wildman–Crippen MR) is 74.7 cm³/mol. The number of fused-ring (bicyclic) bond motifs is 1. The molecule has 0 aliphatic heterocycles. The van der Waals surface area contributed by atoms with Crippen LogP contribution in [0.15, 0.2) is 24.4 Å². The van der Waals surface area contributed by atoms with E-state index < -0.39 is 0 Å². The zero-order valence-corrected chi connectivity index (χ0v) is 10.8. The Morgan fingerprint density at radius 2 is 1.94 bits per heavy atom. The van der Waals surface area contributed by atoms with E-state index in [1.54, 1.807) is 6.20 Å². The second-order valence-electron chi connectivity index (χ2n) is 3.87. The number of nitrogens with zero attached hydrogens (tertiary/aromatic N) is 2. The molecule has 0 aliphatic carbocycles. The summed E-state index contributed by atoms with van der Waals surface area (Å²) in [6.45, 7) is 6.00. The van der Waals surface area contributed by atoms with Crippen LogP contribution >= 0.6 is 11.6 Å². The molecule has 1 aromatic carbocycles. The molecule has 0 radical (unpaired) electrons. The van der Waals surface area contributed by atoms with Crippen molar-refractivity contribution in [2.24, 2.45) is 0 Å². The minimum absolute atomic E-state index is 0.698. The SMILES string of the molecule is CCN(CC)c1nccc2c(N)ccc(Cl)c12. The molecule has 2 N–H and O–H groups in total. The summed E-state index contributed by atoms with van der Waals surface area (Å²) in [6, 6.07) is 5.56. The van der Waals surface area contributed by atoms with Crippen molar-refractivity contribution in [1.82, 2.24) is 4.98 Å². The number of hydrogen-bond donors (Lipinski definition) is 1. The maximum absolute atomic E-state index is 6.27. The lowest BCUT2D eigenvalue weighted by Crippen LogP contribution is -2.23. The monoisotopic (exact) mass is 249 g/mol. The molecule has 0 fully saturated rings. The molecule has 3 nitrogen and oxygen atoms in total. The third-order valence-electron chi connectivity index (χ3n) is 2.95. The number of benzene rings is 1. The van der Waals surface area contributed by atoms with E-state index >= 15 is 0 Å². The molecule has 2 aromatic rings. The van der Waals surface area contributed by atoms with Gasteiger partial charge in [-0.1, -0.05) is 11.6 Å². The Bertz CT molecular complexity index is 535. The molecule has 0 unspecified atom stereocenters. The quantitative estimate of drug-likeness (QED) is 0.849. The first-order chi connectivity index (χ1) is 8.19. The summed E-state index contributed by atoms with van der Waals surface area (Å²) in [5.41, 5.74) is 6.71. The molecular formula is C13H16ClN3. The van der Waals surface area contributed by atoms with Crippen molar-refractivity contribution in [2.75, 3.05) is 23.7 Å². The summed E-state index contributed by atoms with van der Waals surface area (Å²) in [6.07, 6.45) is 1.78. The van der Waals surface area contributed by atoms with Crippen molar-refractivity contribution < 1.29 is 0 Å².